The minimum atomic E-state index is -0.582. The molecule has 3 aromatic carbocycles. The number of nitrogens with zero attached hydrogens (tertiary/aromatic N) is 1. The first-order valence-corrected chi connectivity index (χ1v) is 12.8. The van der Waals surface area contributed by atoms with Gasteiger partial charge in [0.05, 0.1) is 5.75 Å². The highest BCUT2D eigenvalue weighted by Gasteiger charge is 2.30. The van der Waals surface area contributed by atoms with Gasteiger partial charge < -0.3 is 10.2 Å². The summed E-state index contributed by atoms with van der Waals surface area (Å²) in [7, 11) is 0. The second kappa shape index (κ2) is 13.0. The summed E-state index contributed by atoms with van der Waals surface area (Å²) in [5, 5.41) is 3.02. The number of hydrogen-bond donors (Lipinski definition) is 1. The third-order valence-electron chi connectivity index (χ3n) is 5.68. The average Bonchev–Trinajstić information content (AvgIpc) is 2.86. The third-order valence-corrected chi connectivity index (χ3v) is 6.67. The predicted molar refractivity (Wildman–Crippen MR) is 141 cm³/mol. The van der Waals surface area contributed by atoms with Crippen LogP contribution in [0.3, 0.4) is 0 Å². The molecule has 0 fully saturated rings. The fraction of sp³-hybridized carbons (Fsp3) is 0.310. The summed E-state index contributed by atoms with van der Waals surface area (Å²) in [5.41, 5.74) is 4.40. The lowest BCUT2D eigenvalue weighted by molar-refractivity contribution is -0.139. The molecule has 0 aliphatic rings. The Balaban J connectivity index is 1.87. The summed E-state index contributed by atoms with van der Waals surface area (Å²) < 4.78 is 0. The van der Waals surface area contributed by atoms with Gasteiger partial charge in [0.2, 0.25) is 11.8 Å². The molecule has 0 aliphatic heterocycles. The zero-order valence-electron chi connectivity index (χ0n) is 20.3. The van der Waals surface area contributed by atoms with Crippen molar-refractivity contribution in [3.63, 3.8) is 0 Å². The molecule has 0 spiro atoms. The Hall–Kier alpha value is -3.05. The molecule has 3 rings (SSSR count). The van der Waals surface area contributed by atoms with E-state index in [1.807, 2.05) is 99.6 Å². The molecule has 4 nitrogen and oxygen atoms in total. The van der Waals surface area contributed by atoms with Crippen LogP contribution in [0.4, 0.5) is 0 Å². The van der Waals surface area contributed by atoms with Gasteiger partial charge in [-0.05, 0) is 43.5 Å². The molecule has 1 atom stereocenters. The molecule has 0 radical (unpaired) electrons. The molecule has 0 aromatic heterocycles. The van der Waals surface area contributed by atoms with Crippen LogP contribution in [0.15, 0.2) is 83.8 Å². The summed E-state index contributed by atoms with van der Waals surface area (Å²) in [4.78, 5) is 29.7. The van der Waals surface area contributed by atoms with Crippen LogP contribution in [0.1, 0.15) is 35.6 Å². The van der Waals surface area contributed by atoms with Crippen molar-refractivity contribution in [2.45, 2.75) is 51.1 Å². The fourth-order valence-corrected chi connectivity index (χ4v) is 4.46. The number of carbonyl (C=O) groups is 2. The molecule has 0 bridgehead atoms. The van der Waals surface area contributed by atoms with Gasteiger partial charge in [-0.15, -0.1) is 11.8 Å². The van der Waals surface area contributed by atoms with Crippen LogP contribution in [0, 0.1) is 13.8 Å². The molecule has 0 saturated heterocycles. The minimum absolute atomic E-state index is 0.0428. The van der Waals surface area contributed by atoms with Gasteiger partial charge in [0.15, 0.2) is 0 Å². The Morgan fingerprint density at radius 1 is 0.853 bits per heavy atom. The van der Waals surface area contributed by atoms with E-state index in [0.29, 0.717) is 19.5 Å². The second-order valence-corrected chi connectivity index (χ2v) is 9.65. The van der Waals surface area contributed by atoms with Crippen molar-refractivity contribution >= 4 is 23.6 Å². The second-order valence-electron chi connectivity index (χ2n) is 8.61. The number of amides is 2. The van der Waals surface area contributed by atoms with Crippen molar-refractivity contribution < 1.29 is 9.59 Å². The van der Waals surface area contributed by atoms with Crippen molar-refractivity contribution in [3.05, 3.63) is 101 Å². The smallest absolute Gasteiger partial charge is 0.243 e. The normalized spacial score (nSPS) is 11.6. The Kier molecular flexibility index (Phi) is 9.77. The van der Waals surface area contributed by atoms with Gasteiger partial charge in [0.1, 0.15) is 6.04 Å². The number of hydrogen-bond acceptors (Lipinski definition) is 3. The van der Waals surface area contributed by atoms with Gasteiger partial charge >= 0.3 is 0 Å². The van der Waals surface area contributed by atoms with Crippen LogP contribution < -0.4 is 5.32 Å². The molecule has 5 heteroatoms. The Labute approximate surface area is 207 Å². The lowest BCUT2D eigenvalue weighted by Gasteiger charge is -2.31. The zero-order valence-corrected chi connectivity index (χ0v) is 21.1. The SMILES string of the molecule is CCCNC(=O)[C@H](Cc1ccccc1)N(Cc1ccc(C)cc1)C(=O)CSc1ccc(C)cc1. The maximum atomic E-state index is 13.6. The van der Waals surface area contributed by atoms with Gasteiger partial charge in [-0.1, -0.05) is 84.8 Å². The first kappa shape index (κ1) is 25.6. The fourth-order valence-electron chi connectivity index (χ4n) is 3.67. The van der Waals surface area contributed by atoms with Crippen LogP contribution in [-0.2, 0) is 22.6 Å². The molecule has 0 heterocycles. The van der Waals surface area contributed by atoms with Crippen LogP contribution >= 0.6 is 11.8 Å². The van der Waals surface area contributed by atoms with E-state index in [9.17, 15) is 9.59 Å². The van der Waals surface area contributed by atoms with Crippen LogP contribution in [-0.4, -0.2) is 35.1 Å². The van der Waals surface area contributed by atoms with Crippen LogP contribution in [0.5, 0.6) is 0 Å². The largest absolute Gasteiger partial charge is 0.354 e. The van der Waals surface area contributed by atoms with E-state index in [-0.39, 0.29) is 17.6 Å². The standard InChI is InChI=1S/C29H34N2O2S/c1-4-18-30-29(33)27(19-24-8-6-5-7-9-24)31(20-25-14-10-22(2)11-15-25)28(32)21-34-26-16-12-23(3)13-17-26/h5-17,27H,4,18-21H2,1-3H3,(H,30,33)/t27-/m0/s1. The van der Waals surface area contributed by atoms with Crippen molar-refractivity contribution in [2.75, 3.05) is 12.3 Å². The molecule has 34 heavy (non-hydrogen) atoms. The average molecular weight is 475 g/mol. The number of benzene rings is 3. The molecule has 1 N–H and O–H groups in total. The number of nitrogens with one attached hydrogen (secondary N) is 1. The third kappa shape index (κ3) is 7.77. The zero-order chi connectivity index (χ0) is 24.3. The molecular formula is C29H34N2O2S. The first-order chi connectivity index (χ1) is 16.5. The molecular weight excluding hydrogens is 440 g/mol. The van der Waals surface area contributed by atoms with Gasteiger partial charge in [-0.25, -0.2) is 0 Å². The lowest BCUT2D eigenvalue weighted by Crippen LogP contribution is -2.51. The topological polar surface area (TPSA) is 49.4 Å². The highest BCUT2D eigenvalue weighted by molar-refractivity contribution is 8.00. The number of thioether (sulfide) groups is 1. The summed E-state index contributed by atoms with van der Waals surface area (Å²) in [6.07, 6.45) is 1.32. The van der Waals surface area contributed by atoms with Gasteiger partial charge in [0.25, 0.3) is 0 Å². The van der Waals surface area contributed by atoms with E-state index < -0.39 is 6.04 Å². The monoisotopic (exact) mass is 474 g/mol. The van der Waals surface area contributed by atoms with E-state index >= 15 is 0 Å². The number of rotatable bonds is 11. The van der Waals surface area contributed by atoms with Crippen molar-refractivity contribution in [1.82, 2.24) is 10.2 Å². The van der Waals surface area contributed by atoms with Crippen LogP contribution in [0.2, 0.25) is 0 Å². The first-order valence-electron chi connectivity index (χ1n) is 11.8. The molecule has 0 saturated carbocycles. The Morgan fingerprint density at radius 3 is 2.09 bits per heavy atom. The summed E-state index contributed by atoms with van der Waals surface area (Å²) in [5.74, 6) is 0.131. The molecule has 178 valence electrons. The van der Waals surface area contributed by atoms with E-state index in [0.717, 1.165) is 28.0 Å². The van der Waals surface area contributed by atoms with Gasteiger partial charge in [0, 0.05) is 24.4 Å². The quantitative estimate of drug-likeness (QED) is 0.370. The Morgan fingerprint density at radius 2 is 1.47 bits per heavy atom. The van der Waals surface area contributed by atoms with Crippen molar-refractivity contribution in [1.29, 1.82) is 0 Å². The molecule has 2 amide bonds. The molecule has 0 unspecified atom stereocenters. The summed E-state index contributed by atoms with van der Waals surface area (Å²) >= 11 is 1.51. The summed E-state index contributed by atoms with van der Waals surface area (Å²) in [6.45, 7) is 7.10. The van der Waals surface area contributed by atoms with Crippen molar-refractivity contribution in [2.24, 2.45) is 0 Å². The van der Waals surface area contributed by atoms with Crippen molar-refractivity contribution in [3.8, 4) is 0 Å². The predicted octanol–water partition coefficient (Wildman–Crippen LogP) is 5.56. The van der Waals surface area contributed by atoms with Gasteiger partial charge in [-0.2, -0.15) is 0 Å². The molecule has 3 aromatic rings. The lowest BCUT2D eigenvalue weighted by atomic mass is 10.0. The highest BCUT2D eigenvalue weighted by Crippen LogP contribution is 2.21. The van der Waals surface area contributed by atoms with E-state index in [2.05, 4.69) is 5.32 Å². The number of aryl methyl sites for hydroxylation is 2. The Bertz CT molecular complexity index is 1050. The maximum absolute atomic E-state index is 13.6. The highest BCUT2D eigenvalue weighted by atomic mass is 32.2. The van der Waals surface area contributed by atoms with Crippen LogP contribution in [0.25, 0.3) is 0 Å². The van der Waals surface area contributed by atoms with E-state index in [1.54, 1.807) is 4.90 Å². The minimum Gasteiger partial charge on any atom is -0.354 e. The maximum Gasteiger partial charge on any atom is 0.243 e. The number of carbonyl (C=O) groups excluding carboxylic acids is 2. The summed E-state index contributed by atoms with van der Waals surface area (Å²) in [6, 6.07) is 25.7. The molecule has 0 aliphatic carbocycles. The van der Waals surface area contributed by atoms with Gasteiger partial charge in [-0.3, -0.25) is 9.59 Å². The van der Waals surface area contributed by atoms with E-state index in [1.165, 1.54) is 17.3 Å². The van der Waals surface area contributed by atoms with E-state index in [4.69, 9.17) is 0 Å².